The van der Waals surface area contributed by atoms with Crippen LogP contribution in [0, 0.1) is 5.92 Å². The van der Waals surface area contributed by atoms with Crippen molar-refractivity contribution in [2.45, 2.75) is 12.8 Å². The van der Waals surface area contributed by atoms with Gasteiger partial charge in [-0.25, -0.2) is 0 Å². The summed E-state index contributed by atoms with van der Waals surface area (Å²) in [4.78, 5) is 30.7. The van der Waals surface area contributed by atoms with Crippen molar-refractivity contribution in [2.75, 3.05) is 41.0 Å². The van der Waals surface area contributed by atoms with Crippen LogP contribution in [-0.2, 0) is 4.79 Å². The summed E-state index contributed by atoms with van der Waals surface area (Å²) in [6, 6.07) is 7.10. The summed E-state index contributed by atoms with van der Waals surface area (Å²) < 4.78 is 16.0. The second kappa shape index (κ2) is 11.2. The van der Waals surface area contributed by atoms with E-state index < -0.39 is 0 Å². The molecule has 32 heavy (non-hydrogen) atoms. The van der Waals surface area contributed by atoms with E-state index in [1.165, 1.54) is 6.08 Å². The Labute approximate surface area is 188 Å². The maximum atomic E-state index is 12.5. The van der Waals surface area contributed by atoms with Gasteiger partial charge in [-0.05, 0) is 54.7 Å². The number of carbonyl (C=O) groups excluding carboxylic acids is 2. The molecule has 0 unspecified atom stereocenters. The van der Waals surface area contributed by atoms with Gasteiger partial charge in [0.1, 0.15) is 0 Å². The van der Waals surface area contributed by atoms with Crippen LogP contribution in [0.5, 0.6) is 17.2 Å². The number of piperidine rings is 1. The summed E-state index contributed by atoms with van der Waals surface area (Å²) in [6.45, 7) is 1.93. The fourth-order valence-corrected chi connectivity index (χ4v) is 3.69. The molecule has 1 aliphatic rings. The maximum Gasteiger partial charge on any atom is 0.255 e. The molecule has 0 saturated carbocycles. The van der Waals surface area contributed by atoms with Crippen molar-refractivity contribution < 1.29 is 23.8 Å². The highest BCUT2D eigenvalue weighted by molar-refractivity contribution is 5.94. The van der Waals surface area contributed by atoms with Crippen molar-refractivity contribution in [1.82, 2.24) is 15.2 Å². The quantitative estimate of drug-likeness (QED) is 0.636. The minimum absolute atomic E-state index is 0.00821. The number of amides is 2. The fourth-order valence-electron chi connectivity index (χ4n) is 3.69. The molecule has 0 spiro atoms. The zero-order chi connectivity index (χ0) is 22.9. The van der Waals surface area contributed by atoms with E-state index in [-0.39, 0.29) is 11.8 Å². The largest absolute Gasteiger partial charge is 0.493 e. The van der Waals surface area contributed by atoms with E-state index in [1.54, 1.807) is 64.1 Å². The maximum absolute atomic E-state index is 12.5. The van der Waals surface area contributed by atoms with Crippen molar-refractivity contribution in [3.05, 3.63) is 53.9 Å². The Kier molecular flexibility index (Phi) is 8.08. The Hall–Kier alpha value is -3.55. The molecule has 1 N–H and O–H groups in total. The first kappa shape index (κ1) is 23.1. The van der Waals surface area contributed by atoms with E-state index in [2.05, 4.69) is 10.3 Å². The van der Waals surface area contributed by atoms with Crippen molar-refractivity contribution in [1.29, 1.82) is 0 Å². The van der Waals surface area contributed by atoms with Crippen molar-refractivity contribution in [3.8, 4) is 17.2 Å². The summed E-state index contributed by atoms with van der Waals surface area (Å²) in [5, 5.41) is 2.95. The van der Waals surface area contributed by atoms with Gasteiger partial charge in [0.25, 0.3) is 5.91 Å². The van der Waals surface area contributed by atoms with E-state index in [0.717, 1.165) is 18.4 Å². The second-order valence-electron chi connectivity index (χ2n) is 7.51. The van der Waals surface area contributed by atoms with E-state index in [9.17, 15) is 9.59 Å². The highest BCUT2D eigenvalue weighted by Gasteiger charge is 2.23. The van der Waals surface area contributed by atoms with Gasteiger partial charge in [-0.15, -0.1) is 0 Å². The monoisotopic (exact) mass is 439 g/mol. The first-order valence-electron chi connectivity index (χ1n) is 10.5. The molecule has 1 aromatic heterocycles. The molecule has 1 fully saturated rings. The molecule has 2 heterocycles. The third kappa shape index (κ3) is 5.78. The first-order valence-corrected chi connectivity index (χ1v) is 10.5. The van der Waals surface area contributed by atoms with Gasteiger partial charge < -0.3 is 24.4 Å². The molecule has 0 radical (unpaired) electrons. The number of rotatable bonds is 8. The van der Waals surface area contributed by atoms with Crippen LogP contribution in [0.25, 0.3) is 6.08 Å². The Morgan fingerprint density at radius 3 is 2.38 bits per heavy atom. The summed E-state index contributed by atoms with van der Waals surface area (Å²) in [5.74, 6) is 1.73. The minimum Gasteiger partial charge on any atom is -0.493 e. The number of hydrogen-bond donors (Lipinski definition) is 1. The van der Waals surface area contributed by atoms with Crippen LogP contribution in [0.4, 0.5) is 0 Å². The zero-order valence-electron chi connectivity index (χ0n) is 18.7. The second-order valence-corrected chi connectivity index (χ2v) is 7.51. The molecule has 2 amide bonds. The summed E-state index contributed by atoms with van der Waals surface area (Å²) in [7, 11) is 4.64. The van der Waals surface area contributed by atoms with Gasteiger partial charge in [-0.1, -0.05) is 0 Å². The lowest BCUT2D eigenvalue weighted by Gasteiger charge is -2.32. The topological polar surface area (TPSA) is 90.0 Å². The molecule has 0 bridgehead atoms. The normalized spacial score (nSPS) is 14.3. The molecule has 1 aromatic carbocycles. The number of aromatic nitrogens is 1. The fraction of sp³-hybridized carbons (Fsp3) is 0.375. The van der Waals surface area contributed by atoms with Crippen LogP contribution in [0.2, 0.25) is 0 Å². The van der Waals surface area contributed by atoms with Gasteiger partial charge >= 0.3 is 0 Å². The van der Waals surface area contributed by atoms with Crippen molar-refractivity contribution >= 4 is 17.9 Å². The molecule has 3 rings (SSSR count). The number of pyridine rings is 1. The number of hydrogen-bond acceptors (Lipinski definition) is 6. The third-order valence-electron chi connectivity index (χ3n) is 5.49. The Balaban J connectivity index is 1.48. The lowest BCUT2D eigenvalue weighted by Crippen LogP contribution is -2.41. The van der Waals surface area contributed by atoms with Gasteiger partial charge in [0, 0.05) is 38.1 Å². The molecule has 2 aromatic rings. The molecule has 0 atom stereocenters. The standard InChI is InChI=1S/C24H29N3O5/c1-30-20-13-18(14-21(31-2)23(20)32-3)6-7-22(28)26-15-17-8-11-27(12-9-17)24(29)19-5-4-10-25-16-19/h4-7,10,13-14,16-17H,8-9,11-12,15H2,1-3H3,(H,26,28)/b7-6+. The molecule has 1 saturated heterocycles. The average molecular weight is 440 g/mol. The van der Waals surface area contributed by atoms with Crippen molar-refractivity contribution in [2.24, 2.45) is 5.92 Å². The third-order valence-corrected chi connectivity index (χ3v) is 5.49. The molecule has 1 aliphatic heterocycles. The number of likely N-dealkylation sites (tertiary alicyclic amines) is 1. The molecular weight excluding hydrogens is 410 g/mol. The summed E-state index contributed by atoms with van der Waals surface area (Å²) in [5.41, 5.74) is 1.37. The Bertz CT molecular complexity index is 928. The van der Waals surface area contributed by atoms with Gasteiger partial charge in [0.15, 0.2) is 11.5 Å². The smallest absolute Gasteiger partial charge is 0.255 e. The van der Waals surface area contributed by atoms with Crippen LogP contribution in [0.15, 0.2) is 42.7 Å². The minimum atomic E-state index is -0.174. The highest BCUT2D eigenvalue weighted by Crippen LogP contribution is 2.38. The molecule has 170 valence electrons. The summed E-state index contributed by atoms with van der Waals surface area (Å²) >= 11 is 0. The van der Waals surface area contributed by atoms with Crippen LogP contribution >= 0.6 is 0 Å². The number of ether oxygens (including phenoxy) is 3. The highest BCUT2D eigenvalue weighted by atomic mass is 16.5. The number of carbonyl (C=O) groups is 2. The van der Waals surface area contributed by atoms with E-state index in [4.69, 9.17) is 14.2 Å². The lowest BCUT2D eigenvalue weighted by molar-refractivity contribution is -0.116. The number of nitrogens with one attached hydrogen (secondary N) is 1. The van der Waals surface area contributed by atoms with Crippen LogP contribution in [-0.4, -0.2) is 62.7 Å². The summed E-state index contributed by atoms with van der Waals surface area (Å²) in [6.07, 6.45) is 8.14. The average Bonchev–Trinajstić information content (AvgIpc) is 2.85. The number of benzene rings is 1. The number of nitrogens with zero attached hydrogens (tertiary/aromatic N) is 2. The zero-order valence-corrected chi connectivity index (χ0v) is 18.7. The van der Waals surface area contributed by atoms with Crippen LogP contribution in [0.3, 0.4) is 0 Å². The van der Waals surface area contributed by atoms with Crippen molar-refractivity contribution in [3.63, 3.8) is 0 Å². The molecule has 8 nitrogen and oxygen atoms in total. The Morgan fingerprint density at radius 2 is 1.81 bits per heavy atom. The predicted octanol–water partition coefficient (Wildman–Crippen LogP) is 2.79. The Morgan fingerprint density at radius 1 is 1.12 bits per heavy atom. The van der Waals surface area contributed by atoms with Crippen LogP contribution < -0.4 is 19.5 Å². The van der Waals surface area contributed by atoms with Crippen LogP contribution in [0.1, 0.15) is 28.8 Å². The van der Waals surface area contributed by atoms with E-state index >= 15 is 0 Å². The predicted molar refractivity (Wildman–Crippen MR) is 121 cm³/mol. The molecule has 0 aliphatic carbocycles. The van der Waals surface area contributed by atoms with Gasteiger partial charge in [-0.2, -0.15) is 0 Å². The number of methoxy groups -OCH3 is 3. The first-order chi connectivity index (χ1) is 15.5. The van der Waals surface area contributed by atoms with Gasteiger partial charge in [0.2, 0.25) is 11.7 Å². The van der Waals surface area contributed by atoms with E-state index in [0.29, 0.717) is 48.4 Å². The molecular formula is C24H29N3O5. The van der Waals surface area contributed by atoms with Gasteiger partial charge in [-0.3, -0.25) is 14.6 Å². The van der Waals surface area contributed by atoms with E-state index in [1.807, 2.05) is 4.90 Å². The lowest BCUT2D eigenvalue weighted by atomic mass is 9.96. The van der Waals surface area contributed by atoms with Gasteiger partial charge in [0.05, 0.1) is 26.9 Å². The SMILES string of the molecule is COc1cc(/C=C/C(=O)NCC2CCN(C(=O)c3cccnc3)CC2)cc(OC)c1OC. The molecule has 8 heteroatoms.